The molecule has 196 valence electrons. The fourth-order valence-corrected chi connectivity index (χ4v) is 6.69. The third kappa shape index (κ3) is 5.67. The van der Waals surface area contributed by atoms with Crippen molar-refractivity contribution < 1.29 is 22.1 Å². The zero-order chi connectivity index (χ0) is 26.9. The summed E-state index contributed by atoms with van der Waals surface area (Å²) in [5, 5.41) is 6.75. The quantitative estimate of drug-likeness (QED) is 0.455. The molecular weight excluding hydrogens is 493 g/mol. The maximum absolute atomic E-state index is 13.7. The van der Waals surface area contributed by atoms with E-state index in [9.17, 15) is 17.6 Å². The van der Waals surface area contributed by atoms with Gasteiger partial charge in [-0.1, -0.05) is 28.9 Å². The number of benzene rings is 2. The van der Waals surface area contributed by atoms with Gasteiger partial charge in [0, 0.05) is 18.8 Å². The monoisotopic (exact) mass is 525 g/mol. The lowest BCUT2D eigenvalue weighted by Gasteiger charge is -2.31. The number of nitrogens with one attached hydrogen (secondary N) is 1. The van der Waals surface area contributed by atoms with E-state index in [0.29, 0.717) is 30.6 Å². The van der Waals surface area contributed by atoms with Crippen molar-refractivity contribution in [2.45, 2.75) is 52.4 Å². The first-order chi connectivity index (χ1) is 17.5. The van der Waals surface area contributed by atoms with Gasteiger partial charge in [0.2, 0.25) is 15.9 Å². The predicted molar refractivity (Wildman–Crippen MR) is 142 cm³/mol. The molecule has 4 rings (SSSR count). The lowest BCUT2D eigenvalue weighted by Crippen LogP contribution is -2.44. The summed E-state index contributed by atoms with van der Waals surface area (Å²) in [7, 11) is -3.97. The Hall–Kier alpha value is -3.30. The highest BCUT2D eigenvalue weighted by Crippen LogP contribution is 2.30. The van der Waals surface area contributed by atoms with Crippen LogP contribution in [0.2, 0.25) is 0 Å². The molecule has 37 heavy (non-hydrogen) atoms. The van der Waals surface area contributed by atoms with Gasteiger partial charge in [0.15, 0.2) is 10.7 Å². The van der Waals surface area contributed by atoms with Crippen molar-refractivity contribution in [3.05, 3.63) is 75.4 Å². The van der Waals surface area contributed by atoms with Gasteiger partial charge in [0.25, 0.3) is 0 Å². The Morgan fingerprint density at radius 3 is 2.46 bits per heavy atom. The second kappa shape index (κ2) is 10.6. The fourth-order valence-electron chi connectivity index (χ4n) is 4.92. The minimum Gasteiger partial charge on any atom is -0.355 e. The molecule has 0 saturated carbocycles. The van der Waals surface area contributed by atoms with Gasteiger partial charge in [-0.15, -0.1) is 0 Å². The van der Waals surface area contributed by atoms with Crippen molar-refractivity contribution in [1.82, 2.24) is 9.46 Å². The topological polar surface area (TPSA) is 92.5 Å². The van der Waals surface area contributed by atoms with Gasteiger partial charge >= 0.3 is 0 Å². The molecule has 0 unspecified atom stereocenters. The van der Waals surface area contributed by atoms with Crippen molar-refractivity contribution in [3.63, 3.8) is 0 Å². The lowest BCUT2D eigenvalue weighted by atomic mass is 9.98. The van der Waals surface area contributed by atoms with Crippen LogP contribution in [0.5, 0.6) is 0 Å². The molecule has 1 N–H and O–H groups in total. The molecule has 1 saturated heterocycles. The Morgan fingerprint density at radius 2 is 1.78 bits per heavy atom. The summed E-state index contributed by atoms with van der Waals surface area (Å²) < 4.78 is 47.6. The molecule has 1 aliphatic heterocycles. The molecule has 0 bridgehead atoms. The van der Waals surface area contributed by atoms with Crippen molar-refractivity contribution >= 4 is 33.8 Å². The summed E-state index contributed by atoms with van der Waals surface area (Å²) in [5.41, 5.74) is 5.69. The molecule has 1 aromatic heterocycles. The molecule has 1 aliphatic rings. The van der Waals surface area contributed by atoms with Crippen molar-refractivity contribution in [3.8, 4) is 0 Å². The highest BCUT2D eigenvalue weighted by Gasteiger charge is 2.37. The average molecular weight is 526 g/mol. The average Bonchev–Trinajstić information content (AvgIpc) is 3.21. The molecule has 0 radical (unpaired) electrons. The van der Waals surface area contributed by atoms with Crippen LogP contribution >= 0.6 is 0 Å². The van der Waals surface area contributed by atoms with Crippen LogP contribution in [-0.2, 0) is 14.8 Å². The number of carbonyl (C=O) groups is 1. The summed E-state index contributed by atoms with van der Waals surface area (Å²) in [4.78, 5) is 13.0. The minimum absolute atomic E-state index is 0.0154. The van der Waals surface area contributed by atoms with Crippen molar-refractivity contribution in [2.75, 3.05) is 18.4 Å². The first-order valence-electron chi connectivity index (χ1n) is 12.3. The smallest absolute Gasteiger partial charge is 0.248 e. The Kier molecular flexibility index (Phi) is 7.66. The number of aromatic nitrogens is 1. The van der Waals surface area contributed by atoms with E-state index in [1.54, 1.807) is 19.9 Å². The zero-order valence-electron chi connectivity index (χ0n) is 21.8. The van der Waals surface area contributed by atoms with E-state index in [4.69, 9.17) is 4.52 Å². The highest BCUT2D eigenvalue weighted by molar-refractivity contribution is 7.89. The number of nitrogens with zero attached hydrogens (tertiary/aromatic N) is 2. The number of hydrogen-bond acceptors (Lipinski definition) is 5. The Labute approximate surface area is 217 Å². The Morgan fingerprint density at radius 1 is 1.08 bits per heavy atom. The number of sulfonamides is 1. The molecular formula is C28H32FN3O4S. The van der Waals surface area contributed by atoms with Gasteiger partial charge in [-0.25, -0.2) is 12.8 Å². The highest BCUT2D eigenvalue weighted by atomic mass is 32.2. The van der Waals surface area contributed by atoms with E-state index < -0.39 is 15.9 Å². The van der Waals surface area contributed by atoms with Crippen LogP contribution in [0.25, 0.3) is 12.2 Å². The number of rotatable bonds is 6. The minimum atomic E-state index is -3.97. The molecule has 0 aliphatic carbocycles. The van der Waals surface area contributed by atoms with Crippen molar-refractivity contribution in [1.29, 1.82) is 0 Å². The number of hydrogen-bond donors (Lipinski definition) is 1. The molecule has 1 fully saturated rings. The van der Waals surface area contributed by atoms with Crippen LogP contribution in [0.3, 0.4) is 0 Å². The summed E-state index contributed by atoms with van der Waals surface area (Å²) >= 11 is 0. The Balaban J connectivity index is 1.56. The summed E-state index contributed by atoms with van der Waals surface area (Å²) in [6.45, 7) is 9.70. The zero-order valence-corrected chi connectivity index (χ0v) is 22.6. The predicted octanol–water partition coefficient (Wildman–Crippen LogP) is 5.57. The van der Waals surface area contributed by atoms with E-state index in [2.05, 4.69) is 22.6 Å². The van der Waals surface area contributed by atoms with Gasteiger partial charge in [-0.2, -0.15) is 4.31 Å². The van der Waals surface area contributed by atoms with Crippen LogP contribution in [-0.4, -0.2) is 36.9 Å². The second-order valence-corrected chi connectivity index (χ2v) is 11.6. The largest absolute Gasteiger partial charge is 0.355 e. The number of halogens is 1. The molecule has 2 aromatic carbocycles. The van der Waals surface area contributed by atoms with Gasteiger partial charge in [-0.3, -0.25) is 4.79 Å². The molecule has 7 nitrogen and oxygen atoms in total. The summed E-state index contributed by atoms with van der Waals surface area (Å²) in [5.74, 6) is -1.05. The van der Waals surface area contributed by atoms with Gasteiger partial charge in [0.05, 0.1) is 5.92 Å². The second-order valence-electron chi connectivity index (χ2n) is 9.76. The summed E-state index contributed by atoms with van der Waals surface area (Å²) in [6, 6.07) is 8.28. The van der Waals surface area contributed by atoms with E-state index in [1.165, 1.54) is 22.5 Å². The Bertz CT molecular complexity index is 1450. The number of anilines is 1. The molecule has 1 atom stereocenters. The van der Waals surface area contributed by atoms with Gasteiger partial charge in [0.1, 0.15) is 11.5 Å². The molecule has 3 aromatic rings. The summed E-state index contributed by atoms with van der Waals surface area (Å²) in [6.07, 6.45) is 4.58. The number of amides is 1. The molecule has 0 spiro atoms. The maximum Gasteiger partial charge on any atom is 0.248 e. The van der Waals surface area contributed by atoms with E-state index in [-0.39, 0.29) is 34.6 Å². The molecule has 2 heterocycles. The first-order valence-corrected chi connectivity index (χ1v) is 13.7. The maximum atomic E-state index is 13.7. The lowest BCUT2D eigenvalue weighted by molar-refractivity contribution is -0.120. The van der Waals surface area contributed by atoms with E-state index in [1.807, 2.05) is 26.8 Å². The normalized spacial score (nSPS) is 16.9. The standard InChI is InChI=1S/C28H32FN3O4S/c1-17-13-18(2)24(19(3)14-17)9-11-26-27(21(5)31-36-26)37(34,35)32-12-6-7-22(16-32)28(33)30-25-10-8-23(29)15-20(25)4/h8-11,13-15,22H,6-7,12,16H2,1-5H3,(H,30,33)/b11-9+/t22-/m1/s1. The number of piperidine rings is 1. The van der Waals surface area contributed by atoms with Crippen LogP contribution in [0.1, 0.15) is 52.1 Å². The SMILES string of the molecule is Cc1cc(C)c(/C=C/c2onc(C)c2S(=O)(=O)N2CCC[C@@H](C(=O)Nc3ccc(F)cc3C)C2)c(C)c1. The van der Waals surface area contributed by atoms with E-state index >= 15 is 0 Å². The van der Waals surface area contributed by atoms with Crippen LogP contribution in [0, 0.1) is 46.4 Å². The van der Waals surface area contributed by atoms with Crippen LogP contribution in [0.15, 0.2) is 39.8 Å². The fraction of sp³-hybridized carbons (Fsp3) is 0.357. The van der Waals surface area contributed by atoms with Crippen molar-refractivity contribution in [2.24, 2.45) is 5.92 Å². The third-order valence-corrected chi connectivity index (χ3v) is 8.80. The van der Waals surface area contributed by atoms with Gasteiger partial charge in [-0.05, 0) is 94.0 Å². The first kappa shape index (κ1) is 26.8. The van der Waals surface area contributed by atoms with Crippen LogP contribution < -0.4 is 5.32 Å². The van der Waals surface area contributed by atoms with Gasteiger partial charge < -0.3 is 9.84 Å². The number of aryl methyl sites for hydroxylation is 5. The molecule has 1 amide bonds. The number of carbonyl (C=O) groups excluding carboxylic acids is 1. The molecule has 9 heteroatoms. The van der Waals surface area contributed by atoms with Crippen LogP contribution in [0.4, 0.5) is 10.1 Å². The third-order valence-electron chi connectivity index (χ3n) is 6.77. The van der Waals surface area contributed by atoms with E-state index in [0.717, 1.165) is 22.3 Å².